The van der Waals surface area contributed by atoms with Crippen LogP contribution in [0.5, 0.6) is 5.75 Å². The van der Waals surface area contributed by atoms with Crippen molar-refractivity contribution in [2.24, 2.45) is 0 Å². The standard InChI is InChI=1S/C18H30O/c1-4-5-6-7-8-9-10-11-16-14-17(19)12-13-18(16)15(2)3/h12-15,19H,4-11H2,1-3H3. The second kappa shape index (κ2) is 9.01. The summed E-state index contributed by atoms with van der Waals surface area (Å²) in [6.45, 7) is 6.70. The van der Waals surface area contributed by atoms with E-state index in [4.69, 9.17) is 0 Å². The highest BCUT2D eigenvalue weighted by Crippen LogP contribution is 2.25. The molecule has 0 bridgehead atoms. The van der Waals surface area contributed by atoms with Crippen LogP contribution in [0.2, 0.25) is 0 Å². The third kappa shape index (κ3) is 6.13. The van der Waals surface area contributed by atoms with E-state index in [9.17, 15) is 5.11 Å². The second-order valence-corrected chi connectivity index (χ2v) is 5.91. The van der Waals surface area contributed by atoms with Crippen LogP contribution >= 0.6 is 0 Å². The van der Waals surface area contributed by atoms with Crippen molar-refractivity contribution in [2.45, 2.75) is 78.1 Å². The lowest BCUT2D eigenvalue weighted by Crippen LogP contribution is -1.96. The minimum Gasteiger partial charge on any atom is -0.508 e. The molecule has 1 nitrogen and oxygen atoms in total. The fraction of sp³-hybridized carbons (Fsp3) is 0.667. The molecule has 0 unspecified atom stereocenters. The Hall–Kier alpha value is -0.980. The first kappa shape index (κ1) is 16.1. The Labute approximate surface area is 119 Å². The number of phenols is 1. The van der Waals surface area contributed by atoms with Gasteiger partial charge in [-0.1, -0.05) is 65.4 Å². The van der Waals surface area contributed by atoms with Gasteiger partial charge in [0.05, 0.1) is 0 Å². The van der Waals surface area contributed by atoms with Crippen LogP contribution in [0.3, 0.4) is 0 Å². The zero-order valence-corrected chi connectivity index (χ0v) is 12.9. The Kier molecular flexibility index (Phi) is 7.62. The largest absolute Gasteiger partial charge is 0.508 e. The zero-order chi connectivity index (χ0) is 14.1. The van der Waals surface area contributed by atoms with E-state index in [0.717, 1.165) is 6.42 Å². The Balaban J connectivity index is 2.34. The fourth-order valence-electron chi connectivity index (χ4n) is 2.64. The summed E-state index contributed by atoms with van der Waals surface area (Å²) in [5.41, 5.74) is 2.73. The molecular formula is C18H30O. The van der Waals surface area contributed by atoms with Crippen molar-refractivity contribution < 1.29 is 5.11 Å². The molecule has 1 aromatic rings. The number of hydrogen-bond donors (Lipinski definition) is 1. The summed E-state index contributed by atoms with van der Waals surface area (Å²) in [6.07, 6.45) is 10.5. The molecule has 0 aliphatic carbocycles. The summed E-state index contributed by atoms with van der Waals surface area (Å²) in [6, 6.07) is 5.84. The normalized spacial score (nSPS) is 11.2. The van der Waals surface area contributed by atoms with Crippen molar-refractivity contribution in [2.75, 3.05) is 0 Å². The summed E-state index contributed by atoms with van der Waals surface area (Å²) in [4.78, 5) is 0. The van der Waals surface area contributed by atoms with Gasteiger partial charge >= 0.3 is 0 Å². The SMILES string of the molecule is CCCCCCCCCc1cc(O)ccc1C(C)C. The highest BCUT2D eigenvalue weighted by molar-refractivity contribution is 5.36. The first-order chi connectivity index (χ1) is 9.15. The number of aromatic hydroxyl groups is 1. The first-order valence-corrected chi connectivity index (χ1v) is 7.97. The number of benzene rings is 1. The van der Waals surface area contributed by atoms with Crippen LogP contribution in [0.15, 0.2) is 18.2 Å². The van der Waals surface area contributed by atoms with Gasteiger partial charge in [0.15, 0.2) is 0 Å². The molecule has 1 heteroatoms. The maximum atomic E-state index is 9.62. The van der Waals surface area contributed by atoms with E-state index < -0.39 is 0 Å². The van der Waals surface area contributed by atoms with Gasteiger partial charge in [-0.3, -0.25) is 0 Å². The predicted octanol–water partition coefficient (Wildman–Crippen LogP) is 5.81. The lowest BCUT2D eigenvalue weighted by Gasteiger charge is -2.13. The van der Waals surface area contributed by atoms with E-state index in [0.29, 0.717) is 11.7 Å². The molecule has 1 N–H and O–H groups in total. The third-order valence-electron chi connectivity index (χ3n) is 3.80. The van der Waals surface area contributed by atoms with Crippen LogP contribution in [0.1, 0.15) is 82.8 Å². The minimum absolute atomic E-state index is 0.405. The van der Waals surface area contributed by atoms with Gasteiger partial charge in [-0.05, 0) is 42.0 Å². The third-order valence-corrected chi connectivity index (χ3v) is 3.80. The van der Waals surface area contributed by atoms with Crippen LogP contribution in [0.25, 0.3) is 0 Å². The summed E-state index contributed by atoms with van der Waals surface area (Å²) in [5.74, 6) is 0.947. The van der Waals surface area contributed by atoms with Crippen LogP contribution < -0.4 is 0 Å². The Morgan fingerprint density at radius 2 is 1.58 bits per heavy atom. The first-order valence-electron chi connectivity index (χ1n) is 7.97. The van der Waals surface area contributed by atoms with Gasteiger partial charge in [-0.15, -0.1) is 0 Å². The molecule has 0 aromatic heterocycles. The van der Waals surface area contributed by atoms with E-state index in [1.807, 2.05) is 12.1 Å². The molecule has 0 radical (unpaired) electrons. The second-order valence-electron chi connectivity index (χ2n) is 5.91. The van der Waals surface area contributed by atoms with E-state index in [2.05, 4.69) is 26.8 Å². The number of aryl methyl sites for hydroxylation is 1. The van der Waals surface area contributed by atoms with Gasteiger partial charge in [0, 0.05) is 0 Å². The topological polar surface area (TPSA) is 20.2 Å². The van der Waals surface area contributed by atoms with E-state index in [-0.39, 0.29) is 0 Å². The van der Waals surface area contributed by atoms with Crippen LogP contribution in [0.4, 0.5) is 0 Å². The molecule has 0 amide bonds. The van der Waals surface area contributed by atoms with Crippen LogP contribution in [-0.2, 0) is 6.42 Å². The summed E-state index contributed by atoms with van der Waals surface area (Å²) < 4.78 is 0. The van der Waals surface area contributed by atoms with Crippen molar-refractivity contribution in [1.82, 2.24) is 0 Å². The van der Waals surface area contributed by atoms with E-state index in [1.165, 1.54) is 56.1 Å². The number of hydrogen-bond acceptors (Lipinski definition) is 1. The molecule has 0 atom stereocenters. The van der Waals surface area contributed by atoms with E-state index in [1.54, 1.807) is 0 Å². The van der Waals surface area contributed by atoms with Gasteiger partial charge in [0.25, 0.3) is 0 Å². The predicted molar refractivity (Wildman–Crippen MR) is 83.9 cm³/mol. The number of rotatable bonds is 9. The van der Waals surface area contributed by atoms with Gasteiger partial charge in [0.2, 0.25) is 0 Å². The maximum Gasteiger partial charge on any atom is 0.115 e. The van der Waals surface area contributed by atoms with Gasteiger partial charge in [0.1, 0.15) is 5.75 Å². The summed E-state index contributed by atoms with van der Waals surface area (Å²) >= 11 is 0. The molecule has 108 valence electrons. The number of unbranched alkanes of at least 4 members (excludes halogenated alkanes) is 6. The lowest BCUT2D eigenvalue weighted by atomic mass is 9.93. The molecule has 1 rings (SSSR count). The zero-order valence-electron chi connectivity index (χ0n) is 12.9. The quantitative estimate of drug-likeness (QED) is 0.557. The molecule has 1 aromatic carbocycles. The van der Waals surface area contributed by atoms with Crippen molar-refractivity contribution in [1.29, 1.82) is 0 Å². The summed E-state index contributed by atoms with van der Waals surface area (Å²) in [7, 11) is 0. The Morgan fingerprint density at radius 3 is 2.21 bits per heavy atom. The average Bonchev–Trinajstić information content (AvgIpc) is 2.37. The maximum absolute atomic E-state index is 9.62. The van der Waals surface area contributed by atoms with Crippen LogP contribution in [-0.4, -0.2) is 5.11 Å². The van der Waals surface area contributed by atoms with Crippen LogP contribution in [0, 0.1) is 0 Å². The molecule has 0 saturated carbocycles. The minimum atomic E-state index is 0.405. The van der Waals surface area contributed by atoms with E-state index >= 15 is 0 Å². The van der Waals surface area contributed by atoms with Crippen molar-refractivity contribution in [3.05, 3.63) is 29.3 Å². The van der Waals surface area contributed by atoms with Crippen molar-refractivity contribution in [3.8, 4) is 5.75 Å². The highest BCUT2D eigenvalue weighted by Gasteiger charge is 2.07. The van der Waals surface area contributed by atoms with Gasteiger partial charge < -0.3 is 5.11 Å². The average molecular weight is 262 g/mol. The molecule has 0 aliphatic heterocycles. The number of phenolic OH excluding ortho intramolecular Hbond substituents is 1. The Bertz CT molecular complexity index is 355. The van der Waals surface area contributed by atoms with Crippen molar-refractivity contribution in [3.63, 3.8) is 0 Å². The molecular weight excluding hydrogens is 232 g/mol. The summed E-state index contributed by atoms with van der Waals surface area (Å²) in [5, 5.41) is 9.62. The fourth-order valence-corrected chi connectivity index (χ4v) is 2.64. The molecule has 0 saturated heterocycles. The highest BCUT2D eigenvalue weighted by atomic mass is 16.3. The molecule has 0 aliphatic rings. The molecule has 0 fully saturated rings. The lowest BCUT2D eigenvalue weighted by molar-refractivity contribution is 0.473. The smallest absolute Gasteiger partial charge is 0.115 e. The molecule has 0 spiro atoms. The van der Waals surface area contributed by atoms with Gasteiger partial charge in [-0.2, -0.15) is 0 Å². The molecule has 0 heterocycles. The molecule has 19 heavy (non-hydrogen) atoms. The van der Waals surface area contributed by atoms with Crippen molar-refractivity contribution >= 4 is 0 Å². The van der Waals surface area contributed by atoms with Gasteiger partial charge in [-0.25, -0.2) is 0 Å². The monoisotopic (exact) mass is 262 g/mol. The Morgan fingerprint density at radius 1 is 0.947 bits per heavy atom.